The van der Waals surface area contributed by atoms with E-state index in [1.165, 1.54) is 0 Å². The summed E-state index contributed by atoms with van der Waals surface area (Å²) in [6.07, 6.45) is 0.663. The van der Waals surface area contributed by atoms with Crippen LogP contribution in [0, 0.1) is 0 Å². The first-order valence-electron chi connectivity index (χ1n) is 10.2. The standard InChI is InChI=1S/C26H24N2O2/c29-25(17-21-13-11-19-7-3-1-5-9-23(19)21)27-15-16-28-26(30)18-22-14-12-20-8-4-2-6-10-24(20)22/h1-14H,15-18H2,(H,27,29)(H,28,30). The molecule has 0 unspecified atom stereocenters. The van der Waals surface area contributed by atoms with Gasteiger partial charge < -0.3 is 10.6 Å². The van der Waals surface area contributed by atoms with E-state index in [1.54, 1.807) is 0 Å². The van der Waals surface area contributed by atoms with E-state index in [4.69, 9.17) is 0 Å². The summed E-state index contributed by atoms with van der Waals surface area (Å²) in [4.78, 5) is 24.6. The monoisotopic (exact) mass is 396 g/mol. The molecule has 0 radical (unpaired) electrons. The van der Waals surface area contributed by atoms with E-state index in [0.29, 0.717) is 25.9 Å². The molecule has 4 aliphatic carbocycles. The summed E-state index contributed by atoms with van der Waals surface area (Å²) in [5, 5.41) is 5.78. The van der Waals surface area contributed by atoms with Crippen molar-refractivity contribution < 1.29 is 9.59 Å². The summed E-state index contributed by atoms with van der Waals surface area (Å²) >= 11 is 0. The molecule has 0 aromatic rings. The highest BCUT2D eigenvalue weighted by atomic mass is 16.2. The number of rotatable bonds is 7. The SMILES string of the molecule is O=C(Cc1ccc2cccccc1-2)NCCNC(=O)Cc1ccc2cccccc1-2. The highest BCUT2D eigenvalue weighted by molar-refractivity contribution is 5.84. The molecule has 0 spiro atoms. The van der Waals surface area contributed by atoms with Crippen LogP contribution in [0.2, 0.25) is 0 Å². The molecule has 4 aliphatic rings. The van der Waals surface area contributed by atoms with Gasteiger partial charge in [0, 0.05) is 13.1 Å². The van der Waals surface area contributed by atoms with Crippen molar-refractivity contribution in [2.24, 2.45) is 0 Å². The predicted molar refractivity (Wildman–Crippen MR) is 120 cm³/mol. The normalized spacial score (nSPS) is 10.8. The van der Waals surface area contributed by atoms with Gasteiger partial charge in [0.1, 0.15) is 0 Å². The fraction of sp³-hybridized carbons (Fsp3) is 0.154. The lowest BCUT2D eigenvalue weighted by atomic mass is 10.1. The van der Waals surface area contributed by atoms with E-state index in [2.05, 4.69) is 10.6 Å². The first-order valence-corrected chi connectivity index (χ1v) is 10.2. The summed E-state index contributed by atoms with van der Waals surface area (Å²) in [6, 6.07) is 28.1. The lowest BCUT2D eigenvalue weighted by Gasteiger charge is -2.08. The molecular weight excluding hydrogens is 372 g/mol. The predicted octanol–water partition coefficient (Wildman–Crippen LogP) is 3.91. The minimum absolute atomic E-state index is 0.0437. The summed E-state index contributed by atoms with van der Waals surface area (Å²) in [6.45, 7) is 0.821. The lowest BCUT2D eigenvalue weighted by molar-refractivity contribution is -0.122. The zero-order valence-electron chi connectivity index (χ0n) is 16.7. The van der Waals surface area contributed by atoms with Crippen LogP contribution in [0.4, 0.5) is 0 Å². The Kier molecular flexibility index (Phi) is 6.04. The Hall–Kier alpha value is -3.66. The third-order valence-corrected chi connectivity index (χ3v) is 5.24. The van der Waals surface area contributed by atoms with Gasteiger partial charge >= 0.3 is 0 Å². The zero-order valence-corrected chi connectivity index (χ0v) is 16.7. The topological polar surface area (TPSA) is 58.2 Å². The summed E-state index contributed by atoms with van der Waals surface area (Å²) in [7, 11) is 0. The maximum Gasteiger partial charge on any atom is 0.224 e. The molecule has 0 bridgehead atoms. The van der Waals surface area contributed by atoms with Gasteiger partial charge in [0.2, 0.25) is 11.8 Å². The van der Waals surface area contributed by atoms with Crippen molar-refractivity contribution >= 4 is 11.8 Å². The van der Waals surface area contributed by atoms with Crippen LogP contribution in [-0.2, 0) is 22.4 Å². The van der Waals surface area contributed by atoms with E-state index < -0.39 is 0 Å². The van der Waals surface area contributed by atoms with Crippen LogP contribution in [0.3, 0.4) is 0 Å². The molecule has 2 N–H and O–H groups in total. The minimum atomic E-state index is -0.0437. The molecule has 0 heterocycles. The Labute approximate surface area is 176 Å². The number of carbonyl (C=O) groups excluding carboxylic acids is 2. The molecule has 0 aromatic heterocycles. The van der Waals surface area contributed by atoms with Gasteiger partial charge in [-0.3, -0.25) is 9.59 Å². The molecule has 0 aromatic carbocycles. The number of carbonyl (C=O) groups is 2. The van der Waals surface area contributed by atoms with Crippen LogP contribution in [0.15, 0.2) is 84.9 Å². The molecule has 0 saturated heterocycles. The molecule has 150 valence electrons. The maximum atomic E-state index is 12.3. The summed E-state index contributed by atoms with van der Waals surface area (Å²) < 4.78 is 0. The van der Waals surface area contributed by atoms with Gasteiger partial charge in [-0.2, -0.15) is 0 Å². The molecule has 0 fully saturated rings. The van der Waals surface area contributed by atoms with E-state index in [0.717, 1.165) is 33.4 Å². The fourth-order valence-corrected chi connectivity index (χ4v) is 3.74. The first-order chi connectivity index (χ1) is 14.7. The van der Waals surface area contributed by atoms with Crippen molar-refractivity contribution in [1.82, 2.24) is 10.6 Å². The van der Waals surface area contributed by atoms with Crippen LogP contribution in [0.25, 0.3) is 22.3 Å². The molecule has 4 nitrogen and oxygen atoms in total. The Morgan fingerprint density at radius 2 is 0.967 bits per heavy atom. The highest BCUT2D eigenvalue weighted by Crippen LogP contribution is 2.28. The molecule has 0 saturated carbocycles. The van der Waals surface area contributed by atoms with Crippen LogP contribution < -0.4 is 10.6 Å². The van der Waals surface area contributed by atoms with Gasteiger partial charge in [-0.25, -0.2) is 0 Å². The van der Waals surface area contributed by atoms with Crippen molar-refractivity contribution in [2.75, 3.05) is 13.1 Å². The van der Waals surface area contributed by atoms with E-state index >= 15 is 0 Å². The summed E-state index contributed by atoms with van der Waals surface area (Å²) in [5.41, 5.74) is 6.47. The lowest BCUT2D eigenvalue weighted by Crippen LogP contribution is -2.35. The second-order valence-electron chi connectivity index (χ2n) is 7.33. The zero-order chi connectivity index (χ0) is 20.8. The molecule has 2 amide bonds. The van der Waals surface area contributed by atoms with Crippen LogP contribution in [0.5, 0.6) is 0 Å². The van der Waals surface area contributed by atoms with E-state index in [9.17, 15) is 9.59 Å². The van der Waals surface area contributed by atoms with Crippen molar-refractivity contribution in [3.8, 4) is 22.3 Å². The average molecular weight is 396 g/mol. The minimum Gasteiger partial charge on any atom is -0.354 e. The largest absolute Gasteiger partial charge is 0.354 e. The number of hydrogen-bond donors (Lipinski definition) is 2. The van der Waals surface area contributed by atoms with Crippen molar-refractivity contribution in [3.05, 3.63) is 96.1 Å². The van der Waals surface area contributed by atoms with Crippen molar-refractivity contribution in [3.63, 3.8) is 0 Å². The van der Waals surface area contributed by atoms with Gasteiger partial charge in [-0.15, -0.1) is 0 Å². The van der Waals surface area contributed by atoms with E-state index in [1.807, 2.05) is 84.9 Å². The number of fused-ring (bicyclic) bond motifs is 2. The Bertz CT molecular complexity index is 1020. The van der Waals surface area contributed by atoms with Gasteiger partial charge in [0.05, 0.1) is 12.8 Å². The Balaban J connectivity index is 1.22. The van der Waals surface area contributed by atoms with E-state index in [-0.39, 0.29) is 11.8 Å². The molecule has 30 heavy (non-hydrogen) atoms. The maximum absolute atomic E-state index is 12.3. The third kappa shape index (κ3) is 4.66. The van der Waals surface area contributed by atoms with Crippen LogP contribution >= 0.6 is 0 Å². The molecule has 4 rings (SSSR count). The van der Waals surface area contributed by atoms with Gasteiger partial charge in [-0.1, -0.05) is 84.9 Å². The fourth-order valence-electron chi connectivity index (χ4n) is 3.74. The second kappa shape index (κ2) is 9.23. The van der Waals surface area contributed by atoms with Crippen LogP contribution in [-0.4, -0.2) is 24.9 Å². The molecule has 0 atom stereocenters. The number of amides is 2. The van der Waals surface area contributed by atoms with Gasteiger partial charge in [-0.05, 0) is 33.4 Å². The smallest absolute Gasteiger partial charge is 0.224 e. The summed E-state index contributed by atoms with van der Waals surface area (Å²) in [5.74, 6) is -0.0874. The molecular formula is C26H24N2O2. The van der Waals surface area contributed by atoms with Crippen molar-refractivity contribution in [2.45, 2.75) is 12.8 Å². The number of hydrogen-bond acceptors (Lipinski definition) is 2. The van der Waals surface area contributed by atoms with Crippen LogP contribution in [0.1, 0.15) is 11.1 Å². The quantitative estimate of drug-likeness (QED) is 0.465. The Morgan fingerprint density at radius 1 is 0.533 bits per heavy atom. The highest BCUT2D eigenvalue weighted by Gasteiger charge is 2.13. The van der Waals surface area contributed by atoms with Gasteiger partial charge in [0.25, 0.3) is 0 Å². The third-order valence-electron chi connectivity index (χ3n) is 5.24. The molecule has 0 aliphatic heterocycles. The first kappa shape index (κ1) is 19.6. The average Bonchev–Trinajstić information content (AvgIpc) is 3.09. The second-order valence-corrected chi connectivity index (χ2v) is 7.33. The number of nitrogens with one attached hydrogen (secondary N) is 2. The van der Waals surface area contributed by atoms with Crippen molar-refractivity contribution in [1.29, 1.82) is 0 Å². The molecule has 4 heteroatoms. The van der Waals surface area contributed by atoms with Gasteiger partial charge in [0.15, 0.2) is 0 Å². The Morgan fingerprint density at radius 3 is 1.43 bits per heavy atom.